The number of para-hydroxylation sites is 2. The van der Waals surface area contributed by atoms with E-state index in [1.807, 2.05) is 46.0 Å². The molecule has 3 aromatic rings. The minimum absolute atomic E-state index is 0.133. The standard InChI is InChI=1S/C26H31N5O3S/c27-23-4-1-2-5-24(23)29-25(32)21-8-6-20(7-9-21)18-31(26(33)28-22-10-17-35-19-22)12-3-11-30-13-15-34-16-14-30/h1-2,4-10,17,19H,3,11-16,18,27H2,(H,28,33)(H,29,32). The van der Waals surface area contributed by atoms with Gasteiger partial charge in [0.15, 0.2) is 0 Å². The molecule has 1 saturated heterocycles. The Bertz CT molecular complexity index is 1100. The van der Waals surface area contributed by atoms with Crippen molar-refractivity contribution in [3.8, 4) is 0 Å². The molecule has 0 saturated carbocycles. The quantitative estimate of drug-likeness (QED) is 0.385. The monoisotopic (exact) mass is 493 g/mol. The Hall–Kier alpha value is -3.40. The number of urea groups is 1. The summed E-state index contributed by atoms with van der Waals surface area (Å²) in [5, 5.41) is 9.67. The number of rotatable bonds is 9. The van der Waals surface area contributed by atoms with Crippen LogP contribution in [0.4, 0.5) is 21.9 Å². The van der Waals surface area contributed by atoms with E-state index < -0.39 is 0 Å². The van der Waals surface area contributed by atoms with Crippen LogP contribution in [0.3, 0.4) is 0 Å². The van der Waals surface area contributed by atoms with E-state index in [-0.39, 0.29) is 11.9 Å². The van der Waals surface area contributed by atoms with E-state index in [2.05, 4.69) is 15.5 Å². The lowest BCUT2D eigenvalue weighted by Gasteiger charge is -2.28. The zero-order chi connectivity index (χ0) is 24.5. The van der Waals surface area contributed by atoms with E-state index in [0.717, 1.165) is 50.5 Å². The molecule has 9 heteroatoms. The number of nitrogen functional groups attached to an aromatic ring is 1. The first-order chi connectivity index (χ1) is 17.1. The molecule has 35 heavy (non-hydrogen) atoms. The summed E-state index contributed by atoms with van der Waals surface area (Å²) < 4.78 is 5.42. The SMILES string of the molecule is Nc1ccccc1NC(=O)c1ccc(CN(CCCN2CCOCC2)C(=O)Nc2ccsc2)cc1. The molecular formula is C26H31N5O3S. The summed E-state index contributed by atoms with van der Waals surface area (Å²) >= 11 is 1.54. The van der Waals surface area contributed by atoms with E-state index in [1.54, 1.807) is 35.6 Å². The molecule has 0 atom stereocenters. The van der Waals surface area contributed by atoms with Crippen LogP contribution in [0.2, 0.25) is 0 Å². The number of nitrogens with two attached hydrogens (primary N) is 1. The van der Waals surface area contributed by atoms with Crippen molar-refractivity contribution in [1.82, 2.24) is 9.80 Å². The number of nitrogens with zero attached hydrogens (tertiary/aromatic N) is 2. The van der Waals surface area contributed by atoms with E-state index >= 15 is 0 Å². The summed E-state index contributed by atoms with van der Waals surface area (Å²) in [6.07, 6.45) is 0.871. The number of nitrogens with one attached hydrogen (secondary N) is 2. The van der Waals surface area contributed by atoms with Crippen LogP contribution in [0.1, 0.15) is 22.3 Å². The van der Waals surface area contributed by atoms with Gasteiger partial charge in [-0.3, -0.25) is 9.69 Å². The van der Waals surface area contributed by atoms with Crippen LogP contribution in [-0.2, 0) is 11.3 Å². The molecule has 0 radical (unpaired) electrons. The molecule has 4 N–H and O–H groups in total. The lowest BCUT2D eigenvalue weighted by molar-refractivity contribution is 0.0365. The summed E-state index contributed by atoms with van der Waals surface area (Å²) in [7, 11) is 0. The Morgan fingerprint density at radius 3 is 2.51 bits per heavy atom. The van der Waals surface area contributed by atoms with Crippen molar-refractivity contribution in [2.24, 2.45) is 0 Å². The molecule has 0 aliphatic carbocycles. The van der Waals surface area contributed by atoms with Crippen LogP contribution in [0.25, 0.3) is 0 Å². The van der Waals surface area contributed by atoms with Gasteiger partial charge in [0.05, 0.1) is 30.3 Å². The topological polar surface area (TPSA) is 99.9 Å². The number of morpholine rings is 1. The molecule has 2 heterocycles. The van der Waals surface area contributed by atoms with Crippen molar-refractivity contribution >= 4 is 40.3 Å². The zero-order valence-electron chi connectivity index (χ0n) is 19.6. The van der Waals surface area contributed by atoms with Crippen LogP contribution in [0, 0.1) is 0 Å². The molecule has 1 aliphatic heterocycles. The highest BCUT2D eigenvalue weighted by Crippen LogP contribution is 2.19. The number of benzene rings is 2. The van der Waals surface area contributed by atoms with Gasteiger partial charge in [0, 0.05) is 43.7 Å². The fraction of sp³-hybridized carbons (Fsp3) is 0.308. The second-order valence-corrected chi connectivity index (χ2v) is 9.19. The van der Waals surface area contributed by atoms with E-state index in [4.69, 9.17) is 10.5 Å². The third-order valence-electron chi connectivity index (χ3n) is 5.86. The van der Waals surface area contributed by atoms with Gasteiger partial charge in [-0.15, -0.1) is 0 Å². The summed E-state index contributed by atoms with van der Waals surface area (Å²) in [6.45, 7) is 5.39. The number of carbonyl (C=O) groups excluding carboxylic acids is 2. The van der Waals surface area contributed by atoms with Crippen LogP contribution in [0.15, 0.2) is 65.4 Å². The predicted octanol–water partition coefficient (Wildman–Crippen LogP) is 4.34. The van der Waals surface area contributed by atoms with Crippen LogP contribution < -0.4 is 16.4 Å². The summed E-state index contributed by atoms with van der Waals surface area (Å²) in [4.78, 5) is 29.8. The Balaban J connectivity index is 1.37. The third-order valence-corrected chi connectivity index (χ3v) is 6.55. The van der Waals surface area contributed by atoms with Gasteiger partial charge in [-0.1, -0.05) is 24.3 Å². The highest BCUT2D eigenvalue weighted by atomic mass is 32.1. The molecular weight excluding hydrogens is 462 g/mol. The molecule has 0 spiro atoms. The molecule has 8 nitrogen and oxygen atoms in total. The highest BCUT2D eigenvalue weighted by Gasteiger charge is 2.17. The number of anilines is 3. The molecule has 3 amide bonds. The fourth-order valence-corrected chi connectivity index (χ4v) is 4.48. The van der Waals surface area contributed by atoms with Crippen molar-refractivity contribution in [2.75, 3.05) is 55.8 Å². The van der Waals surface area contributed by atoms with Gasteiger partial charge in [0.2, 0.25) is 0 Å². The van der Waals surface area contributed by atoms with E-state index in [1.165, 1.54) is 0 Å². The van der Waals surface area contributed by atoms with Crippen LogP contribution in [0.5, 0.6) is 0 Å². The number of hydrogen-bond acceptors (Lipinski definition) is 6. The van der Waals surface area contributed by atoms with Crippen molar-refractivity contribution in [3.05, 3.63) is 76.5 Å². The first kappa shape index (κ1) is 24.7. The highest BCUT2D eigenvalue weighted by molar-refractivity contribution is 7.08. The molecule has 1 aromatic heterocycles. The van der Waals surface area contributed by atoms with Crippen LogP contribution >= 0.6 is 11.3 Å². The molecule has 184 valence electrons. The first-order valence-electron chi connectivity index (χ1n) is 11.7. The molecule has 1 fully saturated rings. The smallest absolute Gasteiger partial charge is 0.322 e. The first-order valence-corrected chi connectivity index (χ1v) is 12.7. The van der Waals surface area contributed by atoms with Gasteiger partial charge in [0.25, 0.3) is 5.91 Å². The minimum Gasteiger partial charge on any atom is -0.397 e. The maximum atomic E-state index is 13.0. The number of thiophene rings is 1. The zero-order valence-corrected chi connectivity index (χ0v) is 20.4. The maximum absolute atomic E-state index is 13.0. The van der Waals surface area contributed by atoms with Crippen molar-refractivity contribution in [3.63, 3.8) is 0 Å². The number of amides is 3. The van der Waals surface area contributed by atoms with Gasteiger partial charge in [-0.25, -0.2) is 4.79 Å². The number of carbonyl (C=O) groups is 2. The van der Waals surface area contributed by atoms with Crippen molar-refractivity contribution in [2.45, 2.75) is 13.0 Å². The second-order valence-electron chi connectivity index (χ2n) is 8.41. The molecule has 4 rings (SSSR count). The van der Waals surface area contributed by atoms with Crippen molar-refractivity contribution < 1.29 is 14.3 Å². The molecule has 2 aromatic carbocycles. The molecule has 0 unspecified atom stereocenters. The van der Waals surface area contributed by atoms with E-state index in [0.29, 0.717) is 30.0 Å². The van der Waals surface area contributed by atoms with Gasteiger partial charge in [-0.2, -0.15) is 11.3 Å². The summed E-state index contributed by atoms with van der Waals surface area (Å²) in [5.41, 5.74) is 9.30. The Morgan fingerprint density at radius 1 is 1.03 bits per heavy atom. The average molecular weight is 494 g/mol. The van der Waals surface area contributed by atoms with E-state index in [9.17, 15) is 9.59 Å². The normalized spacial score (nSPS) is 13.8. The van der Waals surface area contributed by atoms with Gasteiger partial charge >= 0.3 is 6.03 Å². The Morgan fingerprint density at radius 2 is 1.80 bits per heavy atom. The largest absolute Gasteiger partial charge is 0.397 e. The Labute approximate surface area is 209 Å². The number of hydrogen-bond donors (Lipinski definition) is 3. The van der Waals surface area contributed by atoms with Gasteiger partial charge in [-0.05, 0) is 47.7 Å². The van der Waals surface area contributed by atoms with Crippen LogP contribution in [-0.4, -0.2) is 61.1 Å². The lowest BCUT2D eigenvalue weighted by atomic mass is 10.1. The van der Waals surface area contributed by atoms with Gasteiger partial charge < -0.3 is 26.0 Å². The third kappa shape index (κ3) is 7.29. The maximum Gasteiger partial charge on any atom is 0.322 e. The summed E-state index contributed by atoms with van der Waals surface area (Å²) in [6, 6.07) is 16.2. The molecule has 1 aliphatic rings. The van der Waals surface area contributed by atoms with Crippen molar-refractivity contribution in [1.29, 1.82) is 0 Å². The minimum atomic E-state index is -0.230. The number of ether oxygens (including phenoxy) is 1. The fourth-order valence-electron chi connectivity index (χ4n) is 3.89. The Kier molecular flexibility index (Phi) is 8.72. The summed E-state index contributed by atoms with van der Waals surface area (Å²) in [5.74, 6) is -0.230. The lowest BCUT2D eigenvalue weighted by Crippen LogP contribution is -2.40. The van der Waals surface area contributed by atoms with Gasteiger partial charge in [0.1, 0.15) is 0 Å². The predicted molar refractivity (Wildman–Crippen MR) is 141 cm³/mol. The molecule has 0 bridgehead atoms. The second kappa shape index (κ2) is 12.3. The average Bonchev–Trinajstić information content (AvgIpc) is 3.39.